The maximum Gasteiger partial charge on any atom is 0.333 e. The first-order valence-electron chi connectivity index (χ1n) is 8.81. The Labute approximate surface area is 162 Å². The summed E-state index contributed by atoms with van der Waals surface area (Å²) in [6.07, 6.45) is -3.94. The Morgan fingerprint density at radius 2 is 2.00 bits per heavy atom. The van der Waals surface area contributed by atoms with E-state index in [0.717, 1.165) is 15.2 Å². The molecule has 3 N–H and O–H groups in total. The van der Waals surface area contributed by atoms with Gasteiger partial charge in [-0.25, -0.2) is 4.79 Å². The van der Waals surface area contributed by atoms with Crippen molar-refractivity contribution >= 4 is 11.0 Å². The van der Waals surface area contributed by atoms with E-state index in [1.165, 1.54) is 13.3 Å². The van der Waals surface area contributed by atoms with Gasteiger partial charge in [0.2, 0.25) is 0 Å². The first-order valence-corrected chi connectivity index (χ1v) is 8.81. The molecular formula is C18H19N3O8. The van der Waals surface area contributed by atoms with Crippen LogP contribution in [0.4, 0.5) is 0 Å². The molecule has 1 aromatic carbocycles. The fourth-order valence-electron chi connectivity index (χ4n) is 3.34. The molecule has 0 radical (unpaired) electrons. The fraction of sp³-hybridized carbons (Fsp3) is 0.389. The van der Waals surface area contributed by atoms with E-state index in [9.17, 15) is 24.9 Å². The number of aromatic nitrogens is 3. The van der Waals surface area contributed by atoms with Gasteiger partial charge < -0.3 is 29.3 Å². The summed E-state index contributed by atoms with van der Waals surface area (Å²) in [6, 6.07) is 6.19. The molecule has 0 aliphatic carbocycles. The van der Waals surface area contributed by atoms with Crippen LogP contribution in [0.5, 0.6) is 5.75 Å². The van der Waals surface area contributed by atoms with Crippen molar-refractivity contribution < 1.29 is 29.3 Å². The maximum atomic E-state index is 12.9. The third kappa shape index (κ3) is 3.23. The Bertz CT molecular complexity index is 1150. The van der Waals surface area contributed by atoms with E-state index in [0.29, 0.717) is 22.4 Å². The lowest BCUT2D eigenvalue weighted by Crippen LogP contribution is -2.43. The monoisotopic (exact) mass is 405 g/mol. The van der Waals surface area contributed by atoms with Gasteiger partial charge in [0.25, 0.3) is 5.56 Å². The summed E-state index contributed by atoms with van der Waals surface area (Å²) in [6.45, 7) is -0.704. The largest absolute Gasteiger partial charge is 0.497 e. The Balaban J connectivity index is 1.72. The molecule has 29 heavy (non-hydrogen) atoms. The normalized spacial score (nSPS) is 24.3. The molecule has 1 aliphatic rings. The van der Waals surface area contributed by atoms with Gasteiger partial charge >= 0.3 is 5.69 Å². The Hall–Kier alpha value is -2.99. The van der Waals surface area contributed by atoms with Crippen LogP contribution in [0.1, 0.15) is 11.9 Å². The van der Waals surface area contributed by atoms with E-state index in [1.807, 2.05) is 0 Å². The van der Waals surface area contributed by atoms with E-state index >= 15 is 0 Å². The van der Waals surface area contributed by atoms with Crippen LogP contribution >= 0.6 is 0 Å². The zero-order valence-electron chi connectivity index (χ0n) is 15.3. The van der Waals surface area contributed by atoms with Crippen molar-refractivity contribution in [1.82, 2.24) is 14.3 Å². The molecule has 4 rings (SSSR count). The third-order valence-electron chi connectivity index (χ3n) is 4.95. The van der Waals surface area contributed by atoms with Gasteiger partial charge in [0, 0.05) is 23.7 Å². The highest BCUT2D eigenvalue weighted by Crippen LogP contribution is 2.28. The van der Waals surface area contributed by atoms with Crippen LogP contribution in [-0.4, -0.2) is 61.6 Å². The van der Waals surface area contributed by atoms with E-state index < -0.39 is 42.4 Å². The molecule has 11 nitrogen and oxygen atoms in total. The summed E-state index contributed by atoms with van der Waals surface area (Å²) in [5.74, 6) is 0.573. The lowest BCUT2D eigenvalue weighted by molar-refractivity contribution is -0.0555. The number of rotatable bonds is 5. The van der Waals surface area contributed by atoms with Gasteiger partial charge in [0.1, 0.15) is 29.8 Å². The molecule has 11 heteroatoms. The van der Waals surface area contributed by atoms with Crippen LogP contribution in [-0.2, 0) is 11.3 Å². The van der Waals surface area contributed by atoms with Crippen molar-refractivity contribution in [2.24, 2.45) is 0 Å². The molecule has 0 spiro atoms. The highest BCUT2D eigenvalue weighted by molar-refractivity contribution is 5.80. The summed E-state index contributed by atoms with van der Waals surface area (Å²) in [5, 5.41) is 33.9. The van der Waals surface area contributed by atoms with Crippen molar-refractivity contribution in [3.05, 3.63) is 57.0 Å². The number of ether oxygens (including phenoxy) is 2. The second kappa shape index (κ2) is 7.44. The minimum atomic E-state index is -1.45. The van der Waals surface area contributed by atoms with Crippen molar-refractivity contribution in [1.29, 1.82) is 0 Å². The van der Waals surface area contributed by atoms with Crippen molar-refractivity contribution in [3.8, 4) is 5.75 Å². The van der Waals surface area contributed by atoms with Crippen LogP contribution in [0, 0.1) is 0 Å². The third-order valence-corrected chi connectivity index (χ3v) is 4.95. The second-order valence-corrected chi connectivity index (χ2v) is 6.65. The van der Waals surface area contributed by atoms with Gasteiger partial charge in [-0.3, -0.25) is 13.9 Å². The second-order valence-electron chi connectivity index (χ2n) is 6.65. The average molecular weight is 405 g/mol. The number of benzene rings is 1. The maximum absolute atomic E-state index is 12.9. The minimum absolute atomic E-state index is 0.174. The molecule has 3 aromatic rings. The van der Waals surface area contributed by atoms with Crippen LogP contribution in [0.25, 0.3) is 11.0 Å². The van der Waals surface area contributed by atoms with Gasteiger partial charge in [-0.15, -0.1) is 0 Å². The first kappa shape index (κ1) is 19.3. The van der Waals surface area contributed by atoms with E-state index in [4.69, 9.17) is 14.0 Å². The molecular weight excluding hydrogens is 386 g/mol. The van der Waals surface area contributed by atoms with Crippen LogP contribution in [0.3, 0.4) is 0 Å². The zero-order chi connectivity index (χ0) is 20.7. The Kier molecular flexibility index (Phi) is 4.96. The topological polar surface area (TPSA) is 149 Å². The smallest absolute Gasteiger partial charge is 0.333 e. The molecule has 1 saturated heterocycles. The molecule has 0 saturated carbocycles. The van der Waals surface area contributed by atoms with E-state index in [1.54, 1.807) is 18.2 Å². The van der Waals surface area contributed by atoms with Gasteiger partial charge in [0.15, 0.2) is 11.8 Å². The zero-order valence-corrected chi connectivity index (χ0v) is 15.3. The van der Waals surface area contributed by atoms with Gasteiger partial charge in [-0.2, -0.15) is 0 Å². The molecule has 1 fully saturated rings. The Morgan fingerprint density at radius 1 is 1.21 bits per heavy atom. The van der Waals surface area contributed by atoms with Gasteiger partial charge in [-0.05, 0) is 12.1 Å². The van der Waals surface area contributed by atoms with Crippen molar-refractivity contribution in [3.63, 3.8) is 0 Å². The fourth-order valence-corrected chi connectivity index (χ4v) is 3.34. The minimum Gasteiger partial charge on any atom is -0.497 e. The summed E-state index contributed by atoms with van der Waals surface area (Å²) < 4.78 is 17.7. The van der Waals surface area contributed by atoms with Crippen molar-refractivity contribution in [2.45, 2.75) is 31.1 Å². The van der Waals surface area contributed by atoms with Crippen LogP contribution in [0.2, 0.25) is 0 Å². The molecule has 2 aromatic heterocycles. The molecule has 0 bridgehead atoms. The number of aliphatic hydroxyl groups is 3. The van der Waals surface area contributed by atoms with E-state index in [2.05, 4.69) is 5.16 Å². The highest BCUT2D eigenvalue weighted by Gasteiger charge is 2.43. The molecule has 0 amide bonds. The molecule has 4 atom stereocenters. The number of aliphatic hydroxyl groups excluding tert-OH is 3. The highest BCUT2D eigenvalue weighted by atomic mass is 16.6. The number of nitrogens with zero attached hydrogens (tertiary/aromatic N) is 3. The number of methoxy groups -OCH3 is 1. The van der Waals surface area contributed by atoms with Crippen molar-refractivity contribution in [2.75, 3.05) is 13.7 Å². The summed E-state index contributed by atoms with van der Waals surface area (Å²) >= 11 is 0. The summed E-state index contributed by atoms with van der Waals surface area (Å²) in [4.78, 5) is 25.2. The summed E-state index contributed by atoms with van der Waals surface area (Å²) in [5.41, 5.74) is -0.549. The standard InChI is InChI=1S/C18H19N3O8/c1-27-9-2-3-10-11(19-29-12(10)6-9)7-21-14(23)4-5-20(18(21)26)17-16(25)15(24)13(8-22)28-17/h2-6,13,15-17,22,24-25H,7-8H2,1H3/t13-,15-,16-,17-/m1/s1. The Morgan fingerprint density at radius 3 is 2.69 bits per heavy atom. The number of hydrogen-bond donors (Lipinski definition) is 3. The predicted octanol–water partition coefficient (Wildman–Crippen LogP) is -1.18. The SMILES string of the molecule is COc1ccc2c(Cn3c(=O)ccn([C@@H]4O[C@H](CO)[C@@H](O)[C@H]4O)c3=O)noc2c1. The van der Waals surface area contributed by atoms with Gasteiger partial charge in [0.05, 0.1) is 20.3 Å². The number of fused-ring (bicyclic) bond motifs is 1. The molecule has 3 heterocycles. The average Bonchev–Trinajstić information content (AvgIpc) is 3.26. The molecule has 154 valence electrons. The lowest BCUT2D eigenvalue weighted by atomic mass is 10.1. The molecule has 0 unspecified atom stereocenters. The van der Waals surface area contributed by atoms with E-state index in [-0.39, 0.29) is 6.54 Å². The first-order chi connectivity index (χ1) is 13.9. The van der Waals surface area contributed by atoms with Crippen LogP contribution < -0.4 is 16.0 Å². The lowest BCUT2D eigenvalue weighted by Gasteiger charge is -2.18. The molecule has 1 aliphatic heterocycles. The van der Waals surface area contributed by atoms with Crippen LogP contribution in [0.15, 0.2) is 44.6 Å². The predicted molar refractivity (Wildman–Crippen MR) is 97.6 cm³/mol. The number of hydrogen-bond acceptors (Lipinski definition) is 9. The van der Waals surface area contributed by atoms with Gasteiger partial charge in [-0.1, -0.05) is 5.16 Å². The summed E-state index contributed by atoms with van der Waals surface area (Å²) in [7, 11) is 1.52. The quantitative estimate of drug-likeness (QED) is 0.477.